The molecule has 0 aliphatic heterocycles. The summed E-state index contributed by atoms with van der Waals surface area (Å²) in [5.74, 6) is 2.04. The van der Waals surface area contributed by atoms with Crippen molar-refractivity contribution >= 4 is 11.8 Å². The number of nitrogens with two attached hydrogens (primary N) is 1. The van der Waals surface area contributed by atoms with Gasteiger partial charge in [-0.15, -0.1) is 0 Å². The van der Waals surface area contributed by atoms with Crippen LogP contribution in [-0.2, 0) is 0 Å². The smallest absolute Gasteiger partial charge is 0.00966 e. The van der Waals surface area contributed by atoms with Crippen LogP contribution in [0.5, 0.6) is 0 Å². The Bertz CT molecular complexity index is 119. The molecule has 2 nitrogen and oxygen atoms in total. The van der Waals surface area contributed by atoms with E-state index in [1.54, 1.807) is 0 Å². The molecule has 1 fully saturated rings. The topological polar surface area (TPSA) is 38.0 Å². The maximum absolute atomic E-state index is 5.69. The van der Waals surface area contributed by atoms with Gasteiger partial charge in [-0.05, 0) is 37.3 Å². The lowest BCUT2D eigenvalue weighted by atomic mass is 9.87. The van der Waals surface area contributed by atoms with E-state index in [4.69, 9.17) is 5.73 Å². The van der Waals surface area contributed by atoms with Crippen molar-refractivity contribution in [2.45, 2.75) is 31.8 Å². The molecule has 1 saturated carbocycles. The normalized spacial score (nSPS) is 31.2. The van der Waals surface area contributed by atoms with E-state index in [1.807, 2.05) is 11.8 Å². The van der Waals surface area contributed by atoms with Crippen LogP contribution >= 0.6 is 11.8 Å². The quantitative estimate of drug-likeness (QED) is 0.677. The molecule has 0 aromatic carbocycles. The van der Waals surface area contributed by atoms with Gasteiger partial charge in [-0.3, -0.25) is 0 Å². The molecule has 1 unspecified atom stereocenters. The second kappa shape index (κ2) is 5.10. The van der Waals surface area contributed by atoms with Crippen molar-refractivity contribution in [3.8, 4) is 0 Å². The van der Waals surface area contributed by atoms with Crippen LogP contribution in [0.15, 0.2) is 0 Å². The highest BCUT2D eigenvalue weighted by Crippen LogP contribution is 2.17. The molecule has 1 aliphatic rings. The van der Waals surface area contributed by atoms with Gasteiger partial charge in [0, 0.05) is 12.1 Å². The number of hydrogen-bond donors (Lipinski definition) is 2. The van der Waals surface area contributed by atoms with E-state index in [0.717, 1.165) is 12.5 Å². The van der Waals surface area contributed by atoms with E-state index in [-0.39, 0.29) is 0 Å². The van der Waals surface area contributed by atoms with Crippen molar-refractivity contribution in [3.05, 3.63) is 0 Å². The van der Waals surface area contributed by atoms with Gasteiger partial charge in [0.1, 0.15) is 0 Å². The summed E-state index contributed by atoms with van der Waals surface area (Å²) >= 11 is 1.92. The van der Waals surface area contributed by atoms with Crippen molar-refractivity contribution in [3.63, 3.8) is 0 Å². The summed E-state index contributed by atoms with van der Waals surface area (Å²) in [7, 11) is 0. The molecule has 1 aliphatic carbocycles. The Hall–Kier alpha value is 0.270. The third kappa shape index (κ3) is 3.33. The molecule has 3 N–H and O–H groups in total. The molecule has 1 atom stereocenters. The Balaban J connectivity index is 1.95. The van der Waals surface area contributed by atoms with Crippen LogP contribution in [0.25, 0.3) is 0 Å². The molecular weight excluding hydrogens is 168 g/mol. The zero-order valence-corrected chi connectivity index (χ0v) is 8.86. The standard InChI is InChI=1S/C9H20N2S/c1-7(6-12-2)5-11-9-3-8(10)4-9/h7-9,11H,3-6,10H2,1-2H3. The number of thioether (sulfide) groups is 1. The Kier molecular flexibility index (Phi) is 4.40. The van der Waals surface area contributed by atoms with Crippen molar-refractivity contribution < 1.29 is 0 Å². The van der Waals surface area contributed by atoms with Crippen LogP contribution < -0.4 is 11.1 Å². The first-order chi connectivity index (χ1) is 5.72. The summed E-state index contributed by atoms with van der Waals surface area (Å²) in [5, 5.41) is 3.54. The Morgan fingerprint density at radius 3 is 2.75 bits per heavy atom. The van der Waals surface area contributed by atoms with Crippen LogP contribution in [0.1, 0.15) is 19.8 Å². The van der Waals surface area contributed by atoms with Crippen LogP contribution in [0.2, 0.25) is 0 Å². The number of hydrogen-bond acceptors (Lipinski definition) is 3. The molecule has 0 amide bonds. The Labute approximate surface area is 79.7 Å². The first-order valence-electron chi connectivity index (χ1n) is 4.70. The lowest BCUT2D eigenvalue weighted by Gasteiger charge is -2.34. The second-order valence-corrected chi connectivity index (χ2v) is 4.81. The minimum absolute atomic E-state index is 0.471. The first-order valence-corrected chi connectivity index (χ1v) is 6.09. The van der Waals surface area contributed by atoms with Crippen molar-refractivity contribution in [1.29, 1.82) is 0 Å². The summed E-state index contributed by atoms with van der Waals surface area (Å²) in [4.78, 5) is 0. The Morgan fingerprint density at radius 2 is 2.25 bits per heavy atom. The van der Waals surface area contributed by atoms with E-state index in [2.05, 4.69) is 18.5 Å². The second-order valence-electron chi connectivity index (χ2n) is 3.90. The van der Waals surface area contributed by atoms with E-state index >= 15 is 0 Å². The summed E-state index contributed by atoms with van der Waals surface area (Å²) in [5.41, 5.74) is 5.69. The van der Waals surface area contributed by atoms with Gasteiger partial charge in [0.05, 0.1) is 0 Å². The molecule has 0 aromatic heterocycles. The molecule has 0 heterocycles. The van der Waals surface area contributed by atoms with Gasteiger partial charge < -0.3 is 11.1 Å². The van der Waals surface area contributed by atoms with Crippen molar-refractivity contribution in [1.82, 2.24) is 5.32 Å². The van der Waals surface area contributed by atoms with E-state index < -0.39 is 0 Å². The highest BCUT2D eigenvalue weighted by atomic mass is 32.2. The van der Waals surface area contributed by atoms with Gasteiger partial charge in [-0.1, -0.05) is 6.92 Å². The molecule has 0 radical (unpaired) electrons. The third-order valence-electron chi connectivity index (χ3n) is 2.38. The fraction of sp³-hybridized carbons (Fsp3) is 1.00. The van der Waals surface area contributed by atoms with E-state index in [1.165, 1.54) is 18.6 Å². The largest absolute Gasteiger partial charge is 0.328 e. The molecule has 0 saturated heterocycles. The third-order valence-corrected chi connectivity index (χ3v) is 3.28. The molecule has 3 heteroatoms. The summed E-state index contributed by atoms with van der Waals surface area (Å²) in [6, 6.07) is 1.18. The zero-order chi connectivity index (χ0) is 8.97. The first kappa shape index (κ1) is 10.4. The average Bonchev–Trinajstić information content (AvgIpc) is 1.96. The summed E-state index contributed by atoms with van der Waals surface area (Å²) < 4.78 is 0. The molecule has 0 spiro atoms. The van der Waals surface area contributed by atoms with Gasteiger partial charge in [-0.2, -0.15) is 11.8 Å². The summed E-state index contributed by atoms with van der Waals surface area (Å²) in [6.45, 7) is 3.44. The van der Waals surface area contributed by atoms with Crippen LogP contribution in [0, 0.1) is 5.92 Å². The van der Waals surface area contributed by atoms with Gasteiger partial charge >= 0.3 is 0 Å². The van der Waals surface area contributed by atoms with Gasteiger partial charge in [0.2, 0.25) is 0 Å². The lowest BCUT2D eigenvalue weighted by Crippen LogP contribution is -2.49. The highest BCUT2D eigenvalue weighted by molar-refractivity contribution is 7.98. The van der Waals surface area contributed by atoms with Crippen molar-refractivity contribution in [2.75, 3.05) is 18.6 Å². The van der Waals surface area contributed by atoms with E-state index in [0.29, 0.717) is 12.1 Å². The van der Waals surface area contributed by atoms with Crippen molar-refractivity contribution in [2.24, 2.45) is 11.7 Å². The fourth-order valence-corrected chi connectivity index (χ4v) is 2.23. The van der Waals surface area contributed by atoms with E-state index in [9.17, 15) is 0 Å². The molecule has 12 heavy (non-hydrogen) atoms. The predicted octanol–water partition coefficient (Wildman–Crippen LogP) is 1.06. The lowest BCUT2D eigenvalue weighted by molar-refractivity contribution is 0.283. The van der Waals surface area contributed by atoms with Crippen LogP contribution in [-0.4, -0.2) is 30.6 Å². The number of rotatable bonds is 5. The molecule has 72 valence electrons. The predicted molar refractivity (Wildman–Crippen MR) is 56.5 cm³/mol. The van der Waals surface area contributed by atoms with Gasteiger partial charge in [-0.25, -0.2) is 0 Å². The summed E-state index contributed by atoms with van der Waals surface area (Å²) in [6.07, 6.45) is 4.51. The molecule has 0 bridgehead atoms. The Morgan fingerprint density at radius 1 is 1.58 bits per heavy atom. The average molecular weight is 188 g/mol. The van der Waals surface area contributed by atoms with Gasteiger partial charge in [0.25, 0.3) is 0 Å². The van der Waals surface area contributed by atoms with Crippen LogP contribution in [0.4, 0.5) is 0 Å². The maximum atomic E-state index is 5.69. The minimum atomic E-state index is 0.471. The maximum Gasteiger partial charge on any atom is 0.00966 e. The van der Waals surface area contributed by atoms with Crippen LogP contribution in [0.3, 0.4) is 0 Å². The monoisotopic (exact) mass is 188 g/mol. The highest BCUT2D eigenvalue weighted by Gasteiger charge is 2.25. The SMILES string of the molecule is CSCC(C)CNC1CC(N)C1. The number of nitrogens with one attached hydrogen (secondary N) is 1. The zero-order valence-electron chi connectivity index (χ0n) is 8.05. The molecule has 0 aromatic rings. The fourth-order valence-electron chi connectivity index (χ4n) is 1.54. The minimum Gasteiger partial charge on any atom is -0.328 e. The van der Waals surface area contributed by atoms with Gasteiger partial charge in [0.15, 0.2) is 0 Å². The molecule has 1 rings (SSSR count). The molecular formula is C9H20N2S.